The zero-order valence-electron chi connectivity index (χ0n) is 18.7. The monoisotopic (exact) mass is 569 g/mol. The standard InChI is InChI=1S/C24H25F3IN4O/c1-23(2)17-12-19-14(13-32(31-19)16-9-7-15(28-3)8-10-16)11-20(17)30-22(33-23)18-5-4-6-21(29-18)24(25,26)27/h4-6,11-13,15-16H,7-10H2,1-3H3/q-1. The fraction of sp³-hybridized carbons (Fsp3) is 0.458. The zero-order valence-corrected chi connectivity index (χ0v) is 20.8. The van der Waals surface area contributed by atoms with Gasteiger partial charge in [-0.3, -0.25) is 0 Å². The topological polar surface area (TPSA) is 52.3 Å². The number of aliphatic imine (C=N–C) groups is 1. The molecule has 5 nitrogen and oxygen atoms in total. The van der Waals surface area contributed by atoms with Crippen molar-refractivity contribution in [2.75, 3.05) is 4.93 Å². The minimum atomic E-state index is -4.53. The maximum absolute atomic E-state index is 13.1. The Bertz CT molecular complexity index is 1230. The van der Waals surface area contributed by atoms with Crippen molar-refractivity contribution in [2.24, 2.45) is 4.99 Å². The van der Waals surface area contributed by atoms with Crippen molar-refractivity contribution in [1.29, 1.82) is 0 Å². The molecule has 1 aromatic carbocycles. The van der Waals surface area contributed by atoms with E-state index in [0.717, 1.165) is 39.3 Å². The molecule has 0 atom stereocenters. The number of halogens is 4. The Hall–Kier alpha value is -2.17. The molecule has 5 rings (SSSR count). The van der Waals surface area contributed by atoms with E-state index in [1.165, 1.54) is 25.0 Å². The summed E-state index contributed by atoms with van der Waals surface area (Å²) in [7, 11) is 0. The van der Waals surface area contributed by atoms with E-state index >= 15 is 0 Å². The normalized spacial score (nSPS) is 22.7. The molecule has 0 amide bonds. The Morgan fingerprint density at radius 3 is 2.58 bits per heavy atom. The molecule has 0 N–H and O–H groups in total. The van der Waals surface area contributed by atoms with Crippen LogP contribution < -0.4 is 21.2 Å². The molecule has 0 saturated heterocycles. The summed E-state index contributed by atoms with van der Waals surface area (Å²) in [5.41, 5.74) is 0.721. The van der Waals surface area contributed by atoms with Crippen molar-refractivity contribution < 1.29 is 39.1 Å². The number of fused-ring (bicyclic) bond motifs is 2. The van der Waals surface area contributed by atoms with E-state index in [4.69, 9.17) is 9.84 Å². The molecule has 1 aliphatic carbocycles. The molecule has 3 aromatic rings. The van der Waals surface area contributed by atoms with Crippen molar-refractivity contribution >= 4 is 22.5 Å². The number of ether oxygens (including phenoxy) is 1. The third-order valence-electron chi connectivity index (χ3n) is 6.43. The molecule has 0 unspecified atom stereocenters. The van der Waals surface area contributed by atoms with Crippen LogP contribution in [-0.4, -0.2) is 29.5 Å². The van der Waals surface area contributed by atoms with Gasteiger partial charge in [0.25, 0.3) is 0 Å². The Kier molecular flexibility index (Phi) is 5.65. The summed E-state index contributed by atoms with van der Waals surface area (Å²) in [5.74, 6) is 0.0894. The van der Waals surface area contributed by atoms with Gasteiger partial charge in [-0.2, -0.15) is 13.2 Å². The van der Waals surface area contributed by atoms with Gasteiger partial charge in [0.2, 0.25) is 0 Å². The van der Waals surface area contributed by atoms with Gasteiger partial charge in [0.05, 0.1) is 0 Å². The summed E-state index contributed by atoms with van der Waals surface area (Å²) in [6.07, 6.45) is 2.41. The summed E-state index contributed by atoms with van der Waals surface area (Å²) < 4.78 is 48.5. The number of hydrogen-bond donors (Lipinski definition) is 0. The molecule has 2 aliphatic rings. The van der Waals surface area contributed by atoms with Crippen LogP contribution in [0.25, 0.3) is 10.9 Å². The first kappa shape index (κ1) is 22.6. The van der Waals surface area contributed by atoms with Gasteiger partial charge in [-0.15, -0.1) is 0 Å². The van der Waals surface area contributed by atoms with Crippen LogP contribution in [0.4, 0.5) is 18.9 Å². The van der Waals surface area contributed by atoms with Crippen LogP contribution in [-0.2, 0) is 16.5 Å². The van der Waals surface area contributed by atoms with Gasteiger partial charge in [-0.1, -0.05) is 6.07 Å². The molecule has 9 heteroatoms. The summed E-state index contributed by atoms with van der Waals surface area (Å²) >= 11 is 0.300. The average molecular weight is 569 g/mol. The van der Waals surface area contributed by atoms with Crippen molar-refractivity contribution in [3.63, 3.8) is 0 Å². The molecule has 0 spiro atoms. The number of rotatable bonds is 3. The summed E-state index contributed by atoms with van der Waals surface area (Å²) in [6.45, 7) is 3.76. The van der Waals surface area contributed by atoms with Crippen molar-refractivity contribution in [3.05, 3.63) is 53.5 Å². The molecule has 33 heavy (non-hydrogen) atoms. The van der Waals surface area contributed by atoms with Crippen molar-refractivity contribution in [2.45, 2.75) is 61.3 Å². The first-order chi connectivity index (χ1) is 15.6. The van der Waals surface area contributed by atoms with E-state index in [-0.39, 0.29) is 11.6 Å². The van der Waals surface area contributed by atoms with Crippen LogP contribution in [0.2, 0.25) is 0 Å². The maximum atomic E-state index is 13.1. The van der Waals surface area contributed by atoms with Gasteiger partial charge in [0.15, 0.2) is 0 Å². The fourth-order valence-corrected chi connectivity index (χ4v) is 6.57. The summed E-state index contributed by atoms with van der Waals surface area (Å²) in [6, 6.07) is 8.11. The SMILES string of the molecule is C[I-]C1CCC(n2cc3cc4c(cc3n2)C(C)(C)OC(c2cccc(C(F)(F)F)n2)=N4)CC1. The summed E-state index contributed by atoms with van der Waals surface area (Å²) in [5, 5.41) is 5.83. The number of hydrogen-bond acceptors (Lipinski definition) is 4. The van der Waals surface area contributed by atoms with E-state index in [0.29, 0.717) is 32.9 Å². The number of alkyl halides is 5. The second kappa shape index (κ2) is 8.25. The van der Waals surface area contributed by atoms with E-state index in [9.17, 15) is 13.2 Å². The predicted molar refractivity (Wildman–Crippen MR) is 116 cm³/mol. The molecule has 1 saturated carbocycles. The van der Waals surface area contributed by atoms with E-state index in [1.54, 1.807) is 0 Å². The first-order valence-corrected chi connectivity index (χ1v) is 14.4. The Balaban J connectivity index is 1.52. The average Bonchev–Trinajstić information content (AvgIpc) is 3.20. The second-order valence-electron chi connectivity index (χ2n) is 9.10. The first-order valence-electron chi connectivity index (χ1n) is 11.0. The molecular formula is C24H25F3IN4O-. The minimum absolute atomic E-state index is 0.0647. The van der Waals surface area contributed by atoms with Crippen molar-refractivity contribution in [1.82, 2.24) is 14.8 Å². The van der Waals surface area contributed by atoms with E-state index in [2.05, 4.69) is 25.8 Å². The van der Waals surface area contributed by atoms with Crippen LogP contribution >= 0.6 is 0 Å². The Labute approximate surface area is 200 Å². The third-order valence-corrected chi connectivity index (χ3v) is 9.44. The van der Waals surface area contributed by atoms with Crippen LogP contribution in [0.15, 0.2) is 41.5 Å². The summed E-state index contributed by atoms with van der Waals surface area (Å²) in [4.78, 5) is 10.7. The molecule has 3 heterocycles. The molecule has 0 bridgehead atoms. The van der Waals surface area contributed by atoms with Gasteiger partial charge >= 0.3 is 159 Å². The molecule has 1 fully saturated rings. The van der Waals surface area contributed by atoms with E-state index < -0.39 is 17.5 Å². The Morgan fingerprint density at radius 2 is 1.88 bits per heavy atom. The fourth-order valence-electron chi connectivity index (χ4n) is 4.61. The van der Waals surface area contributed by atoms with Crippen LogP contribution in [0.3, 0.4) is 0 Å². The zero-order chi connectivity index (χ0) is 23.4. The van der Waals surface area contributed by atoms with Gasteiger partial charge in [0, 0.05) is 0 Å². The quantitative estimate of drug-likeness (QED) is 0.360. The predicted octanol–water partition coefficient (Wildman–Crippen LogP) is 3.00. The van der Waals surface area contributed by atoms with E-state index in [1.807, 2.05) is 26.0 Å². The number of nitrogens with zero attached hydrogens (tertiary/aromatic N) is 4. The van der Waals surface area contributed by atoms with Gasteiger partial charge in [0.1, 0.15) is 5.69 Å². The van der Waals surface area contributed by atoms with Crippen molar-refractivity contribution in [3.8, 4) is 0 Å². The molecule has 176 valence electrons. The van der Waals surface area contributed by atoms with Gasteiger partial charge in [-0.25, -0.2) is 4.98 Å². The van der Waals surface area contributed by atoms with Gasteiger partial charge in [-0.05, 0) is 12.1 Å². The van der Waals surface area contributed by atoms with Crippen LogP contribution in [0.5, 0.6) is 0 Å². The molecule has 1 aliphatic heterocycles. The number of aromatic nitrogens is 3. The number of pyridine rings is 1. The molecular weight excluding hydrogens is 544 g/mol. The third kappa shape index (κ3) is 4.36. The van der Waals surface area contributed by atoms with Gasteiger partial charge < -0.3 is 0 Å². The Morgan fingerprint density at radius 1 is 1.12 bits per heavy atom. The number of benzene rings is 1. The molecule has 0 radical (unpaired) electrons. The second-order valence-corrected chi connectivity index (χ2v) is 12.1. The van der Waals surface area contributed by atoms with Crippen LogP contribution in [0, 0.1) is 0 Å². The van der Waals surface area contributed by atoms with Crippen LogP contribution in [0.1, 0.15) is 62.5 Å². The molecule has 2 aromatic heterocycles.